The first-order valence-electron chi connectivity index (χ1n) is 6.73. The molecule has 110 valence electrons. The Morgan fingerprint density at radius 1 is 1.29 bits per heavy atom. The highest BCUT2D eigenvalue weighted by molar-refractivity contribution is 7.16. The molecule has 1 aromatic heterocycles. The number of benzene rings is 1. The zero-order valence-corrected chi connectivity index (χ0v) is 13.5. The van der Waals surface area contributed by atoms with Crippen LogP contribution in [-0.4, -0.2) is 25.1 Å². The maximum absolute atomic E-state index is 8.98. The zero-order valence-electron chi connectivity index (χ0n) is 11.9. The lowest BCUT2D eigenvalue weighted by molar-refractivity contribution is 0.259. The number of para-hydroxylation sites is 1. The maximum atomic E-state index is 8.98. The minimum Gasteiger partial charge on any atom is -0.492 e. The van der Waals surface area contributed by atoms with Crippen molar-refractivity contribution in [3.8, 4) is 11.8 Å². The molecule has 0 unspecified atom stereocenters. The van der Waals surface area contributed by atoms with Crippen LogP contribution in [0.3, 0.4) is 0 Å². The predicted octanol–water partition coefficient (Wildman–Crippen LogP) is 4.17. The van der Waals surface area contributed by atoms with Crippen molar-refractivity contribution >= 4 is 22.9 Å². The van der Waals surface area contributed by atoms with E-state index in [0.29, 0.717) is 17.9 Å². The van der Waals surface area contributed by atoms with E-state index in [-0.39, 0.29) is 0 Å². The summed E-state index contributed by atoms with van der Waals surface area (Å²) in [5.41, 5.74) is 0.582. The van der Waals surface area contributed by atoms with E-state index in [4.69, 9.17) is 21.6 Å². The van der Waals surface area contributed by atoms with Crippen LogP contribution in [-0.2, 0) is 6.54 Å². The van der Waals surface area contributed by atoms with Crippen LogP contribution < -0.4 is 4.74 Å². The molecule has 0 aliphatic heterocycles. The minimum atomic E-state index is 0.582. The normalized spacial score (nSPS) is 10.6. The van der Waals surface area contributed by atoms with Gasteiger partial charge in [-0.3, -0.25) is 0 Å². The van der Waals surface area contributed by atoms with E-state index in [9.17, 15) is 0 Å². The van der Waals surface area contributed by atoms with Gasteiger partial charge in [0.1, 0.15) is 11.8 Å². The smallest absolute Gasteiger partial charge is 0.137 e. The first kappa shape index (κ1) is 15.8. The van der Waals surface area contributed by atoms with E-state index >= 15 is 0 Å². The van der Waals surface area contributed by atoms with Gasteiger partial charge in [-0.2, -0.15) is 5.26 Å². The zero-order chi connectivity index (χ0) is 15.1. The van der Waals surface area contributed by atoms with Crippen LogP contribution in [0.1, 0.15) is 16.9 Å². The summed E-state index contributed by atoms with van der Waals surface area (Å²) in [6.07, 6.45) is 0.912. The standard InChI is InChI=1S/C16H17ClN2OS/c1-19(12-14-7-8-16(17)21-14)9-4-10-20-15-6-3-2-5-13(15)11-18/h2-3,5-8H,4,9-10,12H2,1H3. The molecule has 0 amide bonds. The summed E-state index contributed by atoms with van der Waals surface area (Å²) >= 11 is 7.53. The van der Waals surface area contributed by atoms with Gasteiger partial charge in [0.15, 0.2) is 0 Å². The van der Waals surface area contributed by atoms with Gasteiger partial charge in [-0.15, -0.1) is 11.3 Å². The number of nitrogens with zero attached hydrogens (tertiary/aromatic N) is 2. The van der Waals surface area contributed by atoms with Gasteiger partial charge in [0.05, 0.1) is 16.5 Å². The number of nitriles is 1. The quantitative estimate of drug-likeness (QED) is 0.718. The summed E-state index contributed by atoms with van der Waals surface area (Å²) in [4.78, 5) is 3.50. The summed E-state index contributed by atoms with van der Waals surface area (Å²) in [6, 6.07) is 13.4. The maximum Gasteiger partial charge on any atom is 0.137 e. The Hall–Kier alpha value is -1.54. The lowest BCUT2D eigenvalue weighted by Crippen LogP contribution is -2.20. The molecule has 0 spiro atoms. The number of rotatable bonds is 7. The van der Waals surface area contributed by atoms with Gasteiger partial charge in [-0.1, -0.05) is 23.7 Å². The number of hydrogen-bond donors (Lipinski definition) is 0. The third kappa shape index (κ3) is 5.05. The van der Waals surface area contributed by atoms with E-state index < -0.39 is 0 Å². The number of hydrogen-bond acceptors (Lipinski definition) is 4. The second kappa shape index (κ2) is 8.04. The first-order valence-corrected chi connectivity index (χ1v) is 7.93. The predicted molar refractivity (Wildman–Crippen MR) is 86.9 cm³/mol. The third-order valence-corrected chi connectivity index (χ3v) is 4.22. The largest absolute Gasteiger partial charge is 0.492 e. The van der Waals surface area contributed by atoms with Crippen LogP contribution in [0.25, 0.3) is 0 Å². The Bertz CT molecular complexity index is 621. The highest BCUT2D eigenvalue weighted by atomic mass is 35.5. The minimum absolute atomic E-state index is 0.582. The van der Waals surface area contributed by atoms with Gasteiger partial charge in [-0.25, -0.2) is 0 Å². The molecule has 21 heavy (non-hydrogen) atoms. The fourth-order valence-electron chi connectivity index (χ4n) is 1.98. The number of thiophene rings is 1. The van der Waals surface area contributed by atoms with Gasteiger partial charge >= 0.3 is 0 Å². The average Bonchev–Trinajstić information content (AvgIpc) is 2.89. The molecular weight excluding hydrogens is 304 g/mol. The molecule has 1 heterocycles. The lowest BCUT2D eigenvalue weighted by Gasteiger charge is -2.15. The summed E-state index contributed by atoms with van der Waals surface area (Å²) in [5, 5.41) is 8.98. The topological polar surface area (TPSA) is 36.3 Å². The van der Waals surface area contributed by atoms with Crippen LogP contribution in [0.15, 0.2) is 36.4 Å². The molecule has 2 aromatic rings. The van der Waals surface area contributed by atoms with Crippen LogP contribution in [0.4, 0.5) is 0 Å². The van der Waals surface area contributed by atoms with Crippen LogP contribution >= 0.6 is 22.9 Å². The fraction of sp³-hybridized carbons (Fsp3) is 0.312. The Labute approximate surface area is 134 Å². The van der Waals surface area contributed by atoms with Gasteiger partial charge in [0, 0.05) is 18.0 Å². The van der Waals surface area contributed by atoms with E-state index in [0.717, 1.165) is 23.8 Å². The highest BCUT2D eigenvalue weighted by Gasteiger charge is 2.04. The van der Waals surface area contributed by atoms with E-state index in [2.05, 4.69) is 24.1 Å². The molecule has 0 aliphatic rings. The van der Waals surface area contributed by atoms with Crippen molar-refractivity contribution in [2.24, 2.45) is 0 Å². The molecule has 0 radical (unpaired) electrons. The molecule has 5 heteroatoms. The molecule has 0 saturated heterocycles. The molecule has 1 aromatic carbocycles. The molecule has 0 fully saturated rings. The van der Waals surface area contributed by atoms with Gasteiger partial charge < -0.3 is 9.64 Å². The monoisotopic (exact) mass is 320 g/mol. The van der Waals surface area contributed by atoms with Crippen molar-refractivity contribution in [1.29, 1.82) is 5.26 Å². The van der Waals surface area contributed by atoms with Crippen molar-refractivity contribution in [2.75, 3.05) is 20.2 Å². The molecule has 3 nitrogen and oxygen atoms in total. The van der Waals surface area contributed by atoms with Crippen molar-refractivity contribution in [2.45, 2.75) is 13.0 Å². The van der Waals surface area contributed by atoms with Crippen molar-refractivity contribution in [3.05, 3.63) is 51.2 Å². The number of halogens is 1. The molecule has 0 atom stereocenters. The van der Waals surface area contributed by atoms with Gasteiger partial charge in [-0.05, 0) is 37.7 Å². The van der Waals surface area contributed by atoms with Gasteiger partial charge in [0.2, 0.25) is 0 Å². The number of ether oxygens (including phenoxy) is 1. The van der Waals surface area contributed by atoms with Crippen LogP contribution in [0, 0.1) is 11.3 Å². The summed E-state index contributed by atoms with van der Waals surface area (Å²) in [7, 11) is 2.08. The van der Waals surface area contributed by atoms with Crippen LogP contribution in [0.5, 0.6) is 5.75 Å². The van der Waals surface area contributed by atoms with E-state index in [1.54, 1.807) is 17.4 Å². The molecule has 2 rings (SSSR count). The summed E-state index contributed by atoms with van der Waals surface area (Å²) in [6.45, 7) is 2.44. The Kier molecular flexibility index (Phi) is 6.06. The molecule has 0 N–H and O–H groups in total. The molecule has 0 aliphatic carbocycles. The van der Waals surface area contributed by atoms with Crippen molar-refractivity contribution < 1.29 is 4.74 Å². The Morgan fingerprint density at radius 2 is 2.10 bits per heavy atom. The highest BCUT2D eigenvalue weighted by Crippen LogP contribution is 2.22. The molecule has 0 saturated carbocycles. The second-order valence-corrected chi connectivity index (χ2v) is 6.55. The van der Waals surface area contributed by atoms with Crippen molar-refractivity contribution in [3.63, 3.8) is 0 Å². The lowest BCUT2D eigenvalue weighted by atomic mass is 10.2. The molecular formula is C16H17ClN2OS. The summed E-state index contributed by atoms with van der Waals surface area (Å²) < 4.78 is 6.49. The average molecular weight is 321 g/mol. The SMILES string of the molecule is CN(CCCOc1ccccc1C#N)Cc1ccc(Cl)s1. The Morgan fingerprint density at radius 3 is 2.81 bits per heavy atom. The third-order valence-electron chi connectivity index (χ3n) is 3.00. The second-order valence-electron chi connectivity index (χ2n) is 4.75. The molecule has 0 bridgehead atoms. The fourth-order valence-corrected chi connectivity index (χ4v) is 3.15. The van der Waals surface area contributed by atoms with Gasteiger partial charge in [0.25, 0.3) is 0 Å². The van der Waals surface area contributed by atoms with E-state index in [1.807, 2.05) is 24.3 Å². The van der Waals surface area contributed by atoms with Crippen molar-refractivity contribution in [1.82, 2.24) is 4.90 Å². The summed E-state index contributed by atoms with van der Waals surface area (Å²) in [5.74, 6) is 0.660. The Balaban J connectivity index is 1.71. The van der Waals surface area contributed by atoms with Crippen LogP contribution in [0.2, 0.25) is 4.34 Å². The van der Waals surface area contributed by atoms with E-state index in [1.165, 1.54) is 4.88 Å². The first-order chi connectivity index (χ1) is 10.2.